The fraction of sp³-hybridized carbons (Fsp3) is 0.167. The van der Waals surface area contributed by atoms with Gasteiger partial charge in [0.2, 0.25) is 0 Å². The third kappa shape index (κ3) is 2.61. The van der Waals surface area contributed by atoms with E-state index < -0.39 is 0 Å². The average Bonchev–Trinajstić information content (AvgIpc) is 2.74. The monoisotopic (exact) mass is 220 g/mol. The van der Waals surface area contributed by atoms with Gasteiger partial charge in [-0.15, -0.1) is 0 Å². The first-order chi connectivity index (χ1) is 7.78. The van der Waals surface area contributed by atoms with Crippen molar-refractivity contribution >= 4 is 5.69 Å². The standard InChI is InChI=1S/C12H13FN2O/c13-9-2-1-3-10(6-9)15-8-12-5-4-11(7-14)16-12/h1-6,15H,7-8,14H2. The molecule has 1 aromatic heterocycles. The molecule has 4 heteroatoms. The molecule has 0 fully saturated rings. The van der Waals surface area contributed by atoms with E-state index in [1.54, 1.807) is 12.1 Å². The van der Waals surface area contributed by atoms with E-state index in [1.807, 2.05) is 12.1 Å². The van der Waals surface area contributed by atoms with Crippen LogP contribution in [0, 0.1) is 5.82 Å². The summed E-state index contributed by atoms with van der Waals surface area (Å²) >= 11 is 0. The minimum atomic E-state index is -0.257. The van der Waals surface area contributed by atoms with E-state index in [4.69, 9.17) is 10.2 Å². The van der Waals surface area contributed by atoms with Crippen LogP contribution in [-0.4, -0.2) is 0 Å². The van der Waals surface area contributed by atoms with Crippen LogP contribution in [0.1, 0.15) is 11.5 Å². The lowest BCUT2D eigenvalue weighted by atomic mass is 10.3. The second kappa shape index (κ2) is 4.81. The summed E-state index contributed by atoms with van der Waals surface area (Å²) in [6.07, 6.45) is 0. The Kier molecular flexibility index (Phi) is 3.22. The molecule has 0 saturated carbocycles. The first-order valence-corrected chi connectivity index (χ1v) is 5.05. The van der Waals surface area contributed by atoms with Crippen LogP contribution in [-0.2, 0) is 13.1 Å². The van der Waals surface area contributed by atoms with Gasteiger partial charge in [-0.25, -0.2) is 4.39 Å². The number of hydrogen-bond acceptors (Lipinski definition) is 3. The van der Waals surface area contributed by atoms with Crippen molar-refractivity contribution in [2.75, 3.05) is 5.32 Å². The van der Waals surface area contributed by atoms with Crippen LogP contribution in [0.5, 0.6) is 0 Å². The van der Waals surface area contributed by atoms with Crippen LogP contribution >= 0.6 is 0 Å². The van der Waals surface area contributed by atoms with E-state index >= 15 is 0 Å². The van der Waals surface area contributed by atoms with Crippen molar-refractivity contribution < 1.29 is 8.81 Å². The molecule has 0 spiro atoms. The molecule has 3 nitrogen and oxygen atoms in total. The molecule has 0 bridgehead atoms. The number of benzene rings is 1. The lowest BCUT2D eigenvalue weighted by molar-refractivity contribution is 0.473. The molecule has 1 aromatic carbocycles. The van der Waals surface area contributed by atoms with Gasteiger partial charge >= 0.3 is 0 Å². The Hall–Kier alpha value is -1.81. The molecule has 0 atom stereocenters. The topological polar surface area (TPSA) is 51.2 Å². The summed E-state index contributed by atoms with van der Waals surface area (Å²) in [6.45, 7) is 0.906. The molecular formula is C12H13FN2O. The second-order valence-electron chi connectivity index (χ2n) is 3.44. The molecule has 0 aliphatic rings. The fourth-order valence-electron chi connectivity index (χ4n) is 1.41. The number of rotatable bonds is 4. The highest BCUT2D eigenvalue weighted by Gasteiger charge is 2.00. The summed E-state index contributed by atoms with van der Waals surface area (Å²) < 4.78 is 18.3. The molecule has 0 unspecified atom stereocenters. The third-order valence-corrected chi connectivity index (χ3v) is 2.21. The highest BCUT2D eigenvalue weighted by Crippen LogP contribution is 2.12. The van der Waals surface area contributed by atoms with Gasteiger partial charge < -0.3 is 15.5 Å². The van der Waals surface area contributed by atoms with E-state index in [1.165, 1.54) is 12.1 Å². The Labute approximate surface area is 93.1 Å². The normalized spacial score (nSPS) is 10.4. The van der Waals surface area contributed by atoms with Crippen molar-refractivity contribution in [3.8, 4) is 0 Å². The lowest BCUT2D eigenvalue weighted by Crippen LogP contribution is -1.98. The highest BCUT2D eigenvalue weighted by molar-refractivity contribution is 5.43. The maximum Gasteiger partial charge on any atom is 0.125 e. The number of nitrogens with two attached hydrogens (primary N) is 1. The molecule has 0 amide bonds. The van der Waals surface area contributed by atoms with E-state index in [9.17, 15) is 4.39 Å². The summed E-state index contributed by atoms with van der Waals surface area (Å²) in [5.41, 5.74) is 6.15. The van der Waals surface area contributed by atoms with Crippen molar-refractivity contribution in [2.24, 2.45) is 5.73 Å². The molecule has 0 aliphatic heterocycles. The SMILES string of the molecule is NCc1ccc(CNc2cccc(F)c2)o1. The van der Waals surface area contributed by atoms with E-state index in [2.05, 4.69) is 5.32 Å². The first kappa shape index (κ1) is 10.7. The van der Waals surface area contributed by atoms with E-state index in [0.717, 1.165) is 17.2 Å². The van der Waals surface area contributed by atoms with Gasteiger partial charge in [-0.1, -0.05) is 6.07 Å². The van der Waals surface area contributed by atoms with Crippen LogP contribution in [0.25, 0.3) is 0 Å². The molecule has 0 radical (unpaired) electrons. The second-order valence-corrected chi connectivity index (χ2v) is 3.44. The zero-order valence-corrected chi connectivity index (χ0v) is 8.74. The molecular weight excluding hydrogens is 207 g/mol. The molecule has 1 heterocycles. The Morgan fingerprint density at radius 2 is 2.00 bits per heavy atom. The van der Waals surface area contributed by atoms with Crippen molar-refractivity contribution in [2.45, 2.75) is 13.1 Å². The Morgan fingerprint density at radius 3 is 2.69 bits per heavy atom. The predicted octanol–water partition coefficient (Wildman–Crippen LogP) is 2.49. The van der Waals surface area contributed by atoms with Gasteiger partial charge in [-0.2, -0.15) is 0 Å². The zero-order valence-electron chi connectivity index (χ0n) is 8.74. The van der Waals surface area contributed by atoms with E-state index in [0.29, 0.717) is 13.1 Å². The quantitative estimate of drug-likeness (QED) is 0.832. The van der Waals surface area contributed by atoms with Gasteiger partial charge in [0.05, 0.1) is 13.1 Å². The minimum absolute atomic E-state index is 0.257. The molecule has 84 valence electrons. The number of anilines is 1. The number of halogens is 1. The fourth-order valence-corrected chi connectivity index (χ4v) is 1.41. The van der Waals surface area contributed by atoms with Crippen LogP contribution in [0.3, 0.4) is 0 Å². The minimum Gasteiger partial charge on any atom is -0.463 e. The Morgan fingerprint density at radius 1 is 1.19 bits per heavy atom. The summed E-state index contributed by atoms with van der Waals surface area (Å²) in [7, 11) is 0. The molecule has 0 aliphatic carbocycles. The van der Waals surface area contributed by atoms with Crippen LogP contribution in [0.2, 0.25) is 0 Å². The smallest absolute Gasteiger partial charge is 0.125 e. The third-order valence-electron chi connectivity index (χ3n) is 2.21. The van der Waals surface area contributed by atoms with Crippen LogP contribution in [0.4, 0.5) is 10.1 Å². The van der Waals surface area contributed by atoms with E-state index in [-0.39, 0.29) is 5.82 Å². The van der Waals surface area contributed by atoms with Gasteiger partial charge in [0.25, 0.3) is 0 Å². The Bertz CT molecular complexity index is 468. The summed E-state index contributed by atoms with van der Waals surface area (Å²) in [4.78, 5) is 0. The van der Waals surface area contributed by atoms with Gasteiger partial charge in [0, 0.05) is 5.69 Å². The maximum atomic E-state index is 12.9. The predicted molar refractivity (Wildman–Crippen MR) is 60.3 cm³/mol. The van der Waals surface area contributed by atoms with Crippen LogP contribution in [0.15, 0.2) is 40.8 Å². The summed E-state index contributed by atoms with van der Waals surface area (Å²) in [6, 6.07) is 10.00. The van der Waals surface area contributed by atoms with Crippen LogP contribution < -0.4 is 11.1 Å². The van der Waals surface area contributed by atoms with Gasteiger partial charge in [0.1, 0.15) is 17.3 Å². The average molecular weight is 220 g/mol. The molecule has 3 N–H and O–H groups in total. The van der Waals surface area contributed by atoms with Gasteiger partial charge in [-0.3, -0.25) is 0 Å². The molecule has 0 saturated heterocycles. The summed E-state index contributed by atoms with van der Waals surface area (Å²) in [5.74, 6) is 1.27. The summed E-state index contributed by atoms with van der Waals surface area (Å²) in [5, 5.41) is 3.06. The number of hydrogen-bond donors (Lipinski definition) is 2. The van der Waals surface area contributed by atoms with Crippen molar-refractivity contribution in [3.05, 3.63) is 53.7 Å². The lowest BCUT2D eigenvalue weighted by Gasteiger charge is -2.03. The molecule has 2 aromatic rings. The molecule has 2 rings (SSSR count). The van der Waals surface area contributed by atoms with Crippen molar-refractivity contribution in [3.63, 3.8) is 0 Å². The largest absolute Gasteiger partial charge is 0.463 e. The van der Waals surface area contributed by atoms with Gasteiger partial charge in [-0.05, 0) is 30.3 Å². The first-order valence-electron chi connectivity index (χ1n) is 5.05. The number of nitrogens with one attached hydrogen (secondary N) is 1. The van der Waals surface area contributed by atoms with Gasteiger partial charge in [0.15, 0.2) is 0 Å². The molecule has 16 heavy (non-hydrogen) atoms. The highest BCUT2D eigenvalue weighted by atomic mass is 19.1. The zero-order chi connectivity index (χ0) is 11.4. The maximum absolute atomic E-state index is 12.9. The Balaban J connectivity index is 1.96. The number of furan rings is 1. The van der Waals surface area contributed by atoms with Crippen molar-refractivity contribution in [1.29, 1.82) is 0 Å². The van der Waals surface area contributed by atoms with Crippen molar-refractivity contribution in [1.82, 2.24) is 0 Å².